The summed E-state index contributed by atoms with van der Waals surface area (Å²) in [4.78, 5) is 25.4. The predicted molar refractivity (Wildman–Crippen MR) is 115 cm³/mol. The van der Waals surface area contributed by atoms with Crippen LogP contribution in [0.15, 0.2) is 48.7 Å². The standard InChI is InChI=1S/C22H22N4O5/c1-29-15-7-4-13(5-8-15)16-12-23-26-17(11-20(27)25-21(16)26)22(28)24-14-6-9-18(30-2)19(10-14)31-3/h4-10,12,17H,11H2,1-3H3,(H,24,28)(H,25,27)/t17-/m1/s1. The second-order valence-corrected chi connectivity index (χ2v) is 6.91. The number of hydrogen-bond acceptors (Lipinski definition) is 6. The van der Waals surface area contributed by atoms with Crippen LogP contribution in [0.1, 0.15) is 12.5 Å². The molecule has 1 aliphatic rings. The van der Waals surface area contributed by atoms with E-state index in [0.717, 1.165) is 16.9 Å². The summed E-state index contributed by atoms with van der Waals surface area (Å²) in [6.45, 7) is 0. The van der Waals surface area contributed by atoms with Crippen LogP contribution in [0.5, 0.6) is 17.2 Å². The fraction of sp³-hybridized carbons (Fsp3) is 0.227. The van der Waals surface area contributed by atoms with Crippen LogP contribution in [0, 0.1) is 0 Å². The van der Waals surface area contributed by atoms with Crippen LogP contribution in [0.4, 0.5) is 11.5 Å². The Morgan fingerprint density at radius 3 is 2.48 bits per heavy atom. The first-order valence-electron chi connectivity index (χ1n) is 9.58. The second-order valence-electron chi connectivity index (χ2n) is 6.91. The van der Waals surface area contributed by atoms with E-state index >= 15 is 0 Å². The number of hydrogen-bond donors (Lipinski definition) is 2. The lowest BCUT2D eigenvalue weighted by atomic mass is 10.1. The van der Waals surface area contributed by atoms with E-state index in [2.05, 4.69) is 15.7 Å². The van der Waals surface area contributed by atoms with Gasteiger partial charge in [0.2, 0.25) is 11.8 Å². The molecule has 0 spiro atoms. The Morgan fingerprint density at radius 2 is 1.81 bits per heavy atom. The van der Waals surface area contributed by atoms with Crippen molar-refractivity contribution in [3.05, 3.63) is 48.7 Å². The number of ether oxygens (including phenoxy) is 3. The molecule has 2 N–H and O–H groups in total. The number of benzene rings is 2. The number of methoxy groups -OCH3 is 3. The first-order valence-corrected chi connectivity index (χ1v) is 9.58. The number of amides is 2. The zero-order valence-corrected chi connectivity index (χ0v) is 17.3. The zero-order chi connectivity index (χ0) is 22.0. The summed E-state index contributed by atoms with van der Waals surface area (Å²) in [5.41, 5.74) is 2.10. The van der Waals surface area contributed by atoms with Gasteiger partial charge in [-0.2, -0.15) is 5.10 Å². The van der Waals surface area contributed by atoms with Crippen molar-refractivity contribution < 1.29 is 23.8 Å². The van der Waals surface area contributed by atoms with Gasteiger partial charge in [-0.05, 0) is 29.8 Å². The lowest BCUT2D eigenvalue weighted by Gasteiger charge is -2.24. The highest BCUT2D eigenvalue weighted by Gasteiger charge is 2.33. The molecule has 0 aliphatic carbocycles. The van der Waals surface area contributed by atoms with Crippen molar-refractivity contribution in [1.29, 1.82) is 0 Å². The maximum atomic E-state index is 13.0. The Balaban J connectivity index is 1.61. The highest BCUT2D eigenvalue weighted by molar-refractivity contribution is 6.03. The monoisotopic (exact) mass is 422 g/mol. The number of aromatic nitrogens is 2. The van der Waals surface area contributed by atoms with Crippen LogP contribution in [0.2, 0.25) is 0 Å². The molecule has 9 heteroatoms. The predicted octanol–water partition coefficient (Wildman–Crippen LogP) is 3.10. The van der Waals surface area contributed by atoms with Gasteiger partial charge in [-0.3, -0.25) is 9.59 Å². The minimum atomic E-state index is -0.788. The number of fused-ring (bicyclic) bond motifs is 1. The average Bonchev–Trinajstić information content (AvgIpc) is 3.22. The summed E-state index contributed by atoms with van der Waals surface area (Å²) < 4.78 is 17.2. The topological polar surface area (TPSA) is 104 Å². The quantitative estimate of drug-likeness (QED) is 0.633. The molecule has 9 nitrogen and oxygen atoms in total. The number of carbonyl (C=O) groups excluding carboxylic acids is 2. The molecule has 1 aromatic heterocycles. The Kier molecular flexibility index (Phi) is 5.48. The molecule has 160 valence electrons. The summed E-state index contributed by atoms with van der Waals surface area (Å²) in [7, 11) is 4.65. The van der Waals surface area contributed by atoms with Crippen LogP contribution >= 0.6 is 0 Å². The molecule has 0 unspecified atom stereocenters. The first-order chi connectivity index (χ1) is 15.0. The number of nitrogens with zero attached hydrogens (tertiary/aromatic N) is 2. The Labute approximate surface area is 178 Å². The molecule has 1 aliphatic heterocycles. The van der Waals surface area contributed by atoms with Crippen molar-refractivity contribution in [2.45, 2.75) is 12.5 Å². The third kappa shape index (κ3) is 3.89. The van der Waals surface area contributed by atoms with Crippen molar-refractivity contribution in [2.75, 3.05) is 32.0 Å². The Bertz CT molecular complexity index is 1120. The number of nitrogens with one attached hydrogen (secondary N) is 2. The summed E-state index contributed by atoms with van der Waals surface area (Å²) in [6.07, 6.45) is 1.62. The van der Waals surface area contributed by atoms with Gasteiger partial charge in [0.25, 0.3) is 0 Å². The molecule has 2 aromatic carbocycles. The van der Waals surface area contributed by atoms with Crippen LogP contribution in [0.25, 0.3) is 11.1 Å². The molecule has 0 radical (unpaired) electrons. The summed E-state index contributed by atoms with van der Waals surface area (Å²) in [6, 6.07) is 11.7. The average molecular weight is 422 g/mol. The highest BCUT2D eigenvalue weighted by Crippen LogP contribution is 2.35. The van der Waals surface area contributed by atoms with E-state index < -0.39 is 6.04 Å². The maximum absolute atomic E-state index is 13.0. The van der Waals surface area contributed by atoms with E-state index in [-0.39, 0.29) is 18.2 Å². The summed E-state index contributed by atoms with van der Waals surface area (Å²) >= 11 is 0. The van der Waals surface area contributed by atoms with Crippen molar-refractivity contribution in [2.24, 2.45) is 0 Å². The Morgan fingerprint density at radius 1 is 1.06 bits per heavy atom. The van der Waals surface area contributed by atoms with Gasteiger partial charge in [0.15, 0.2) is 11.5 Å². The van der Waals surface area contributed by atoms with Crippen LogP contribution in [-0.2, 0) is 9.59 Å². The van der Waals surface area contributed by atoms with Crippen molar-refractivity contribution in [3.8, 4) is 28.4 Å². The first kappa shape index (κ1) is 20.3. The summed E-state index contributed by atoms with van der Waals surface area (Å²) in [5, 5.41) is 10.0. The van der Waals surface area contributed by atoms with Crippen LogP contribution < -0.4 is 24.8 Å². The number of rotatable bonds is 6. The van der Waals surface area contributed by atoms with Gasteiger partial charge in [-0.15, -0.1) is 0 Å². The Hall–Kier alpha value is -4.01. The third-order valence-electron chi connectivity index (χ3n) is 5.08. The molecule has 1 atom stereocenters. The normalized spacial score (nSPS) is 14.9. The van der Waals surface area contributed by atoms with E-state index in [1.165, 1.54) is 18.9 Å². The van der Waals surface area contributed by atoms with E-state index in [0.29, 0.717) is 23.0 Å². The fourth-order valence-corrected chi connectivity index (χ4v) is 3.49. The van der Waals surface area contributed by atoms with Crippen LogP contribution in [-0.4, -0.2) is 42.9 Å². The van der Waals surface area contributed by atoms with Gasteiger partial charge < -0.3 is 24.8 Å². The highest BCUT2D eigenvalue weighted by atomic mass is 16.5. The molecule has 4 rings (SSSR count). The molecule has 31 heavy (non-hydrogen) atoms. The molecule has 0 bridgehead atoms. The number of anilines is 2. The van der Waals surface area contributed by atoms with Crippen molar-refractivity contribution in [3.63, 3.8) is 0 Å². The number of carbonyl (C=O) groups is 2. The van der Waals surface area contributed by atoms with E-state index in [1.54, 1.807) is 31.5 Å². The van der Waals surface area contributed by atoms with E-state index in [1.807, 2.05) is 24.3 Å². The summed E-state index contributed by atoms with van der Waals surface area (Å²) in [5.74, 6) is 1.64. The van der Waals surface area contributed by atoms with Gasteiger partial charge in [-0.25, -0.2) is 4.68 Å². The maximum Gasteiger partial charge on any atom is 0.249 e. The molecule has 2 amide bonds. The third-order valence-corrected chi connectivity index (χ3v) is 5.08. The SMILES string of the molecule is COc1ccc(-c2cnn3c2NC(=O)C[C@@H]3C(=O)Nc2ccc(OC)c(OC)c2)cc1. The fourth-order valence-electron chi connectivity index (χ4n) is 3.49. The van der Waals surface area contributed by atoms with E-state index in [4.69, 9.17) is 14.2 Å². The van der Waals surface area contributed by atoms with Gasteiger partial charge in [0.05, 0.1) is 33.9 Å². The van der Waals surface area contributed by atoms with Gasteiger partial charge in [0.1, 0.15) is 17.6 Å². The lowest BCUT2D eigenvalue weighted by Crippen LogP contribution is -2.35. The molecule has 0 saturated carbocycles. The zero-order valence-electron chi connectivity index (χ0n) is 17.3. The lowest BCUT2D eigenvalue weighted by molar-refractivity contribution is -0.125. The minimum Gasteiger partial charge on any atom is -0.497 e. The molecule has 0 fully saturated rings. The van der Waals surface area contributed by atoms with Crippen molar-refractivity contribution >= 4 is 23.3 Å². The van der Waals surface area contributed by atoms with Gasteiger partial charge in [-0.1, -0.05) is 12.1 Å². The molecular formula is C22H22N4O5. The molecule has 2 heterocycles. The van der Waals surface area contributed by atoms with Crippen molar-refractivity contribution in [1.82, 2.24) is 9.78 Å². The molecular weight excluding hydrogens is 400 g/mol. The largest absolute Gasteiger partial charge is 0.497 e. The smallest absolute Gasteiger partial charge is 0.249 e. The molecule has 0 saturated heterocycles. The molecule has 3 aromatic rings. The van der Waals surface area contributed by atoms with Gasteiger partial charge >= 0.3 is 0 Å². The van der Waals surface area contributed by atoms with Gasteiger partial charge in [0, 0.05) is 17.3 Å². The van der Waals surface area contributed by atoms with E-state index in [9.17, 15) is 9.59 Å². The minimum absolute atomic E-state index is 0.0180. The van der Waals surface area contributed by atoms with Crippen LogP contribution in [0.3, 0.4) is 0 Å². The second kappa shape index (κ2) is 8.39.